The molecule has 0 aliphatic heterocycles. The molecule has 21 heavy (non-hydrogen) atoms. The molecule has 1 amide bonds. The average Bonchev–Trinajstić information content (AvgIpc) is 2.39. The fourth-order valence-electron chi connectivity index (χ4n) is 1.99. The first kappa shape index (κ1) is 14.8. The van der Waals surface area contributed by atoms with E-state index in [1.165, 1.54) is 24.3 Å². The Bertz CT molecular complexity index is 696. The van der Waals surface area contributed by atoms with E-state index in [0.717, 1.165) is 0 Å². The molecule has 3 N–H and O–H groups in total. The van der Waals surface area contributed by atoms with E-state index >= 15 is 0 Å². The summed E-state index contributed by atoms with van der Waals surface area (Å²) in [5.41, 5.74) is 1.70. The maximum Gasteiger partial charge on any atom is 0.419 e. The van der Waals surface area contributed by atoms with Gasteiger partial charge in [0.15, 0.2) is 0 Å². The number of benzene rings is 2. The lowest BCUT2D eigenvalue weighted by atomic mass is 9.94. The van der Waals surface area contributed by atoms with Gasteiger partial charge in [0.1, 0.15) is 17.1 Å². The third-order valence-electron chi connectivity index (χ3n) is 2.86. The predicted octanol–water partition coefficient (Wildman–Crippen LogP) is 3.32. The number of primary amides is 1. The number of hydrogen-bond donors (Lipinski definition) is 2. The lowest BCUT2D eigenvalue weighted by Crippen LogP contribution is -2.16. The first-order valence-corrected chi connectivity index (χ1v) is 5.71. The minimum atomic E-state index is -5.04. The topological polar surface area (TPSA) is 63.3 Å². The van der Waals surface area contributed by atoms with Crippen LogP contribution in [0.4, 0.5) is 17.6 Å². The molecule has 7 heteroatoms. The smallest absolute Gasteiger partial charge is 0.419 e. The summed E-state index contributed by atoms with van der Waals surface area (Å²) in [7, 11) is 0. The molecule has 2 rings (SSSR count). The van der Waals surface area contributed by atoms with Crippen LogP contribution in [0.15, 0.2) is 36.4 Å². The third kappa shape index (κ3) is 2.67. The summed E-state index contributed by atoms with van der Waals surface area (Å²) in [5, 5.41) is 9.91. The fourth-order valence-corrected chi connectivity index (χ4v) is 1.99. The highest BCUT2D eigenvalue weighted by molar-refractivity contribution is 5.98. The van der Waals surface area contributed by atoms with Crippen LogP contribution in [0, 0.1) is 5.82 Å². The number of alkyl halides is 3. The van der Waals surface area contributed by atoms with Gasteiger partial charge in [0.25, 0.3) is 5.91 Å². The number of amides is 1. The molecule has 0 radical (unpaired) electrons. The van der Waals surface area contributed by atoms with Crippen LogP contribution >= 0.6 is 0 Å². The molecule has 2 aromatic rings. The maximum absolute atomic E-state index is 13.8. The van der Waals surface area contributed by atoms with Crippen LogP contribution in [0.5, 0.6) is 5.75 Å². The summed E-state index contributed by atoms with van der Waals surface area (Å²) in [6, 6.07) is 7.19. The molecule has 0 spiro atoms. The van der Waals surface area contributed by atoms with Crippen molar-refractivity contribution in [3.63, 3.8) is 0 Å². The zero-order chi connectivity index (χ0) is 15.8. The number of rotatable bonds is 2. The Balaban J connectivity index is 2.90. The molecule has 0 fully saturated rings. The van der Waals surface area contributed by atoms with E-state index < -0.39 is 40.3 Å². The lowest BCUT2D eigenvalue weighted by molar-refractivity contribution is -0.139. The Morgan fingerprint density at radius 2 is 1.71 bits per heavy atom. The number of carbonyl (C=O) groups is 1. The van der Waals surface area contributed by atoms with Gasteiger partial charge in [0.2, 0.25) is 0 Å². The molecule has 0 aliphatic carbocycles. The maximum atomic E-state index is 13.8. The van der Waals surface area contributed by atoms with Crippen LogP contribution < -0.4 is 5.73 Å². The summed E-state index contributed by atoms with van der Waals surface area (Å²) in [6.07, 6.45) is -5.04. The number of nitrogens with two attached hydrogens (primary N) is 1. The van der Waals surface area contributed by atoms with E-state index in [0.29, 0.717) is 0 Å². The molecule has 0 heterocycles. The van der Waals surface area contributed by atoms with Crippen molar-refractivity contribution in [2.45, 2.75) is 6.18 Å². The van der Waals surface area contributed by atoms with E-state index in [4.69, 9.17) is 5.73 Å². The average molecular weight is 299 g/mol. The highest BCUT2D eigenvalue weighted by Gasteiger charge is 2.39. The van der Waals surface area contributed by atoms with Gasteiger partial charge in [0, 0.05) is 5.56 Å². The van der Waals surface area contributed by atoms with Crippen molar-refractivity contribution in [1.82, 2.24) is 0 Å². The van der Waals surface area contributed by atoms with E-state index in [1.807, 2.05) is 0 Å². The zero-order valence-corrected chi connectivity index (χ0v) is 10.4. The molecule has 0 unspecified atom stereocenters. The minimum Gasteiger partial charge on any atom is -0.506 e. The van der Waals surface area contributed by atoms with Crippen molar-refractivity contribution in [2.75, 3.05) is 0 Å². The van der Waals surface area contributed by atoms with Crippen LogP contribution in [0.2, 0.25) is 0 Å². The molecule has 0 aliphatic rings. The fraction of sp³-hybridized carbons (Fsp3) is 0.0714. The van der Waals surface area contributed by atoms with E-state index in [2.05, 4.69) is 0 Å². The Kier molecular flexibility index (Phi) is 3.59. The third-order valence-corrected chi connectivity index (χ3v) is 2.86. The lowest BCUT2D eigenvalue weighted by Gasteiger charge is -2.17. The number of halogens is 4. The van der Waals surface area contributed by atoms with Crippen LogP contribution in [-0.4, -0.2) is 11.0 Å². The van der Waals surface area contributed by atoms with Crippen molar-refractivity contribution in [1.29, 1.82) is 0 Å². The molecule has 0 saturated carbocycles. The van der Waals surface area contributed by atoms with Crippen molar-refractivity contribution >= 4 is 5.91 Å². The second-order valence-corrected chi connectivity index (χ2v) is 4.23. The Morgan fingerprint density at radius 1 is 1.14 bits per heavy atom. The van der Waals surface area contributed by atoms with Gasteiger partial charge in [-0.05, 0) is 11.6 Å². The van der Waals surface area contributed by atoms with Crippen molar-refractivity contribution in [3.8, 4) is 16.9 Å². The Labute approximate surface area is 116 Å². The number of phenols is 1. The quantitative estimate of drug-likeness (QED) is 0.836. The Hall–Kier alpha value is -2.57. The van der Waals surface area contributed by atoms with Crippen LogP contribution in [0.3, 0.4) is 0 Å². The second-order valence-electron chi connectivity index (χ2n) is 4.23. The normalized spacial score (nSPS) is 11.4. The van der Waals surface area contributed by atoms with Crippen LogP contribution in [-0.2, 0) is 6.18 Å². The van der Waals surface area contributed by atoms with E-state index in [9.17, 15) is 27.5 Å². The summed E-state index contributed by atoms with van der Waals surface area (Å²) in [5.74, 6) is -3.90. The van der Waals surface area contributed by atoms with Gasteiger partial charge in [-0.2, -0.15) is 13.2 Å². The molecule has 2 aromatic carbocycles. The standard InChI is InChI=1S/C14H9F4NO2/c15-9-6-8(13(19)21)12(20)10(11(9)14(16,17)18)7-4-2-1-3-5-7/h1-6,20H,(H2,19,21). The van der Waals surface area contributed by atoms with Crippen molar-refractivity contribution in [3.05, 3.63) is 53.3 Å². The SMILES string of the molecule is NC(=O)c1cc(F)c(C(F)(F)F)c(-c2ccccc2)c1O. The van der Waals surface area contributed by atoms with Gasteiger partial charge < -0.3 is 10.8 Å². The van der Waals surface area contributed by atoms with Gasteiger partial charge in [-0.25, -0.2) is 4.39 Å². The molecular weight excluding hydrogens is 290 g/mol. The summed E-state index contributed by atoms with van der Waals surface area (Å²) < 4.78 is 52.9. The molecule has 0 saturated heterocycles. The molecule has 0 bridgehead atoms. The molecule has 3 nitrogen and oxygen atoms in total. The minimum absolute atomic E-state index is 0.0793. The van der Waals surface area contributed by atoms with Crippen molar-refractivity contribution in [2.24, 2.45) is 5.73 Å². The van der Waals surface area contributed by atoms with Crippen molar-refractivity contribution < 1.29 is 27.5 Å². The van der Waals surface area contributed by atoms with Crippen LogP contribution in [0.1, 0.15) is 15.9 Å². The Morgan fingerprint density at radius 3 is 2.19 bits per heavy atom. The zero-order valence-electron chi connectivity index (χ0n) is 10.4. The number of aromatic hydroxyl groups is 1. The summed E-state index contributed by atoms with van der Waals surface area (Å²) in [6.45, 7) is 0. The summed E-state index contributed by atoms with van der Waals surface area (Å²) >= 11 is 0. The monoisotopic (exact) mass is 299 g/mol. The van der Waals surface area contributed by atoms with Gasteiger partial charge in [-0.15, -0.1) is 0 Å². The molecule has 0 aromatic heterocycles. The van der Waals surface area contributed by atoms with Gasteiger partial charge in [-0.3, -0.25) is 4.79 Å². The highest BCUT2D eigenvalue weighted by Crippen LogP contribution is 2.44. The molecule has 110 valence electrons. The highest BCUT2D eigenvalue weighted by atomic mass is 19.4. The largest absolute Gasteiger partial charge is 0.506 e. The van der Waals surface area contributed by atoms with Crippen LogP contribution in [0.25, 0.3) is 11.1 Å². The van der Waals surface area contributed by atoms with E-state index in [-0.39, 0.29) is 11.6 Å². The van der Waals surface area contributed by atoms with E-state index in [1.54, 1.807) is 6.07 Å². The number of carbonyl (C=O) groups excluding carboxylic acids is 1. The van der Waals surface area contributed by atoms with Gasteiger partial charge in [-0.1, -0.05) is 30.3 Å². The van der Waals surface area contributed by atoms with Gasteiger partial charge >= 0.3 is 6.18 Å². The summed E-state index contributed by atoms with van der Waals surface area (Å²) in [4.78, 5) is 11.1. The van der Waals surface area contributed by atoms with Gasteiger partial charge in [0.05, 0.1) is 5.56 Å². The predicted molar refractivity (Wildman–Crippen MR) is 67.0 cm³/mol. The molecule has 0 atom stereocenters. The number of hydrogen-bond acceptors (Lipinski definition) is 2. The molecular formula is C14H9F4NO2. The second kappa shape index (κ2) is 5.08. The first-order chi connectivity index (χ1) is 9.73. The first-order valence-electron chi connectivity index (χ1n) is 5.71.